The van der Waals surface area contributed by atoms with Crippen molar-refractivity contribution < 1.29 is 4.74 Å². The number of piperidine rings is 1. The lowest BCUT2D eigenvalue weighted by Crippen LogP contribution is -2.43. The Balaban J connectivity index is 1.51. The highest BCUT2D eigenvalue weighted by Gasteiger charge is 2.38. The maximum atomic E-state index is 6.23. The van der Waals surface area contributed by atoms with Gasteiger partial charge in [-0.2, -0.15) is 0 Å². The van der Waals surface area contributed by atoms with Crippen LogP contribution in [0.5, 0.6) is 0 Å². The van der Waals surface area contributed by atoms with Crippen molar-refractivity contribution in [3.63, 3.8) is 0 Å². The van der Waals surface area contributed by atoms with Gasteiger partial charge in [-0.15, -0.1) is 0 Å². The molecule has 3 heteroatoms. The van der Waals surface area contributed by atoms with Crippen molar-refractivity contribution in [1.29, 1.82) is 0 Å². The second kappa shape index (κ2) is 15.7. The number of nitrogens with zero attached hydrogens (tertiary/aromatic N) is 1. The van der Waals surface area contributed by atoms with E-state index in [0.717, 1.165) is 19.1 Å². The third-order valence-electron chi connectivity index (χ3n) is 8.32. The second-order valence-corrected chi connectivity index (χ2v) is 11.2. The Kier molecular flexibility index (Phi) is 13.7. The topological polar surface area (TPSA) is 24.5 Å². The maximum absolute atomic E-state index is 6.23. The van der Waals surface area contributed by atoms with Gasteiger partial charge >= 0.3 is 0 Å². The molecule has 0 aromatic rings. The van der Waals surface area contributed by atoms with Gasteiger partial charge in [0.05, 0.1) is 12.7 Å². The minimum Gasteiger partial charge on any atom is -0.377 e. The molecule has 1 saturated heterocycles. The largest absolute Gasteiger partial charge is 0.377 e. The Morgan fingerprint density at radius 2 is 1.55 bits per heavy atom. The smallest absolute Gasteiger partial charge is 0.0594 e. The first-order valence-corrected chi connectivity index (χ1v) is 14.1. The van der Waals surface area contributed by atoms with Crippen LogP contribution in [0.1, 0.15) is 124 Å². The van der Waals surface area contributed by atoms with Gasteiger partial charge in [-0.25, -0.2) is 0 Å². The number of likely N-dealkylation sites (tertiary alicyclic amines) is 1. The molecule has 2 rings (SSSR count). The van der Waals surface area contributed by atoms with Gasteiger partial charge in [-0.1, -0.05) is 59.3 Å². The minimum atomic E-state index is 0.519. The summed E-state index contributed by atoms with van der Waals surface area (Å²) in [5, 5.41) is 3.62. The standard InChI is InChI=1S/C28H56N2O/c1-5-7-9-11-25(3)12-10-21-30-22-18-28(19-23-30)16-14-27(15-17-28)31-24-20-29-26(4)13-8-6-2/h25-27,29H,5-24H2,1-4H3. The van der Waals surface area contributed by atoms with E-state index < -0.39 is 0 Å². The fraction of sp³-hybridized carbons (Fsp3) is 1.00. The third kappa shape index (κ3) is 11.0. The Hall–Kier alpha value is -0.120. The molecule has 31 heavy (non-hydrogen) atoms. The molecular weight excluding hydrogens is 380 g/mol. The molecule has 0 radical (unpaired) electrons. The Labute approximate surface area is 195 Å². The third-order valence-corrected chi connectivity index (χ3v) is 8.32. The average molecular weight is 437 g/mol. The number of hydrogen-bond acceptors (Lipinski definition) is 3. The lowest BCUT2D eigenvalue weighted by atomic mass is 9.67. The molecule has 2 unspecified atom stereocenters. The van der Waals surface area contributed by atoms with Gasteiger partial charge in [-0.05, 0) is 95.7 Å². The van der Waals surface area contributed by atoms with Crippen LogP contribution in [0.3, 0.4) is 0 Å². The number of unbranched alkanes of at least 4 members (excludes halogenated alkanes) is 3. The van der Waals surface area contributed by atoms with Gasteiger partial charge < -0.3 is 15.0 Å². The summed E-state index contributed by atoms with van der Waals surface area (Å²) in [6.07, 6.45) is 21.2. The SMILES string of the molecule is CCCCCC(C)CCCN1CCC2(CCC(OCCNC(C)CCCC)CC2)CC1. The van der Waals surface area contributed by atoms with Crippen molar-refractivity contribution in [3.8, 4) is 0 Å². The lowest BCUT2D eigenvalue weighted by Gasteiger charge is -2.46. The van der Waals surface area contributed by atoms with E-state index in [1.807, 2.05) is 0 Å². The molecule has 1 aliphatic carbocycles. The van der Waals surface area contributed by atoms with Gasteiger partial charge in [0.25, 0.3) is 0 Å². The average Bonchev–Trinajstić information content (AvgIpc) is 2.78. The molecule has 2 fully saturated rings. The van der Waals surface area contributed by atoms with Crippen LogP contribution in [-0.4, -0.2) is 49.8 Å². The first-order chi connectivity index (χ1) is 15.1. The predicted octanol–water partition coefficient (Wildman–Crippen LogP) is 7.19. The van der Waals surface area contributed by atoms with E-state index in [9.17, 15) is 0 Å². The molecule has 184 valence electrons. The molecular formula is C28H56N2O. The molecule has 2 aliphatic rings. The van der Waals surface area contributed by atoms with Crippen LogP contribution in [-0.2, 0) is 4.74 Å². The molecule has 1 spiro atoms. The monoisotopic (exact) mass is 436 g/mol. The van der Waals surface area contributed by atoms with E-state index in [-0.39, 0.29) is 0 Å². The summed E-state index contributed by atoms with van der Waals surface area (Å²) in [5.41, 5.74) is 0.650. The van der Waals surface area contributed by atoms with Crippen molar-refractivity contribution in [2.45, 2.75) is 136 Å². The van der Waals surface area contributed by atoms with Gasteiger partial charge in [0.2, 0.25) is 0 Å². The molecule has 1 heterocycles. The zero-order valence-corrected chi connectivity index (χ0v) is 21.7. The molecule has 1 saturated carbocycles. The number of hydrogen-bond donors (Lipinski definition) is 1. The Morgan fingerprint density at radius 1 is 0.871 bits per heavy atom. The summed E-state index contributed by atoms with van der Waals surface area (Å²) < 4.78 is 6.23. The molecule has 0 amide bonds. The molecule has 0 bridgehead atoms. The highest BCUT2D eigenvalue weighted by Crippen LogP contribution is 2.45. The van der Waals surface area contributed by atoms with Crippen molar-refractivity contribution in [3.05, 3.63) is 0 Å². The highest BCUT2D eigenvalue weighted by atomic mass is 16.5. The van der Waals surface area contributed by atoms with Gasteiger partial charge in [0, 0.05) is 12.6 Å². The second-order valence-electron chi connectivity index (χ2n) is 11.2. The van der Waals surface area contributed by atoms with Crippen LogP contribution in [0, 0.1) is 11.3 Å². The van der Waals surface area contributed by atoms with E-state index in [4.69, 9.17) is 4.74 Å². The number of ether oxygens (including phenoxy) is 1. The predicted molar refractivity (Wildman–Crippen MR) is 136 cm³/mol. The molecule has 1 N–H and O–H groups in total. The quantitative estimate of drug-likeness (QED) is 0.259. The molecule has 3 nitrogen and oxygen atoms in total. The lowest BCUT2D eigenvalue weighted by molar-refractivity contribution is -0.0227. The van der Waals surface area contributed by atoms with E-state index in [1.165, 1.54) is 116 Å². The van der Waals surface area contributed by atoms with Gasteiger partial charge in [0.1, 0.15) is 0 Å². The van der Waals surface area contributed by atoms with E-state index in [1.54, 1.807) is 0 Å². The fourth-order valence-corrected chi connectivity index (χ4v) is 5.82. The number of rotatable bonds is 16. The van der Waals surface area contributed by atoms with Gasteiger partial charge in [-0.3, -0.25) is 0 Å². The Morgan fingerprint density at radius 3 is 2.23 bits per heavy atom. The van der Waals surface area contributed by atoms with Crippen LogP contribution in [0.25, 0.3) is 0 Å². The normalized spacial score (nSPS) is 22.1. The highest BCUT2D eigenvalue weighted by molar-refractivity contribution is 4.90. The fourth-order valence-electron chi connectivity index (χ4n) is 5.82. The van der Waals surface area contributed by atoms with E-state index >= 15 is 0 Å². The first kappa shape index (κ1) is 27.1. The summed E-state index contributed by atoms with van der Waals surface area (Å²) in [5.74, 6) is 0.924. The summed E-state index contributed by atoms with van der Waals surface area (Å²) >= 11 is 0. The van der Waals surface area contributed by atoms with Crippen LogP contribution in [0.4, 0.5) is 0 Å². The minimum absolute atomic E-state index is 0.519. The Bertz CT molecular complexity index is 423. The van der Waals surface area contributed by atoms with Crippen molar-refractivity contribution in [1.82, 2.24) is 10.2 Å². The van der Waals surface area contributed by atoms with Crippen LogP contribution >= 0.6 is 0 Å². The zero-order chi connectivity index (χ0) is 22.4. The summed E-state index contributed by atoms with van der Waals surface area (Å²) in [7, 11) is 0. The first-order valence-electron chi connectivity index (χ1n) is 14.1. The van der Waals surface area contributed by atoms with Crippen molar-refractivity contribution in [2.75, 3.05) is 32.8 Å². The van der Waals surface area contributed by atoms with E-state index in [2.05, 4.69) is 37.9 Å². The maximum Gasteiger partial charge on any atom is 0.0594 e. The van der Waals surface area contributed by atoms with Crippen LogP contribution in [0.15, 0.2) is 0 Å². The molecule has 2 atom stereocenters. The van der Waals surface area contributed by atoms with E-state index in [0.29, 0.717) is 17.6 Å². The van der Waals surface area contributed by atoms with Crippen molar-refractivity contribution in [2.24, 2.45) is 11.3 Å². The summed E-state index contributed by atoms with van der Waals surface area (Å²) in [6.45, 7) is 15.3. The molecule has 0 aromatic carbocycles. The summed E-state index contributed by atoms with van der Waals surface area (Å²) in [4.78, 5) is 2.76. The van der Waals surface area contributed by atoms with Crippen LogP contribution in [0.2, 0.25) is 0 Å². The molecule has 1 aliphatic heterocycles. The van der Waals surface area contributed by atoms with Gasteiger partial charge in [0.15, 0.2) is 0 Å². The number of nitrogens with one attached hydrogen (secondary N) is 1. The summed E-state index contributed by atoms with van der Waals surface area (Å²) in [6, 6.07) is 0.632. The zero-order valence-electron chi connectivity index (χ0n) is 21.7. The van der Waals surface area contributed by atoms with Crippen molar-refractivity contribution >= 4 is 0 Å². The van der Waals surface area contributed by atoms with Crippen LogP contribution < -0.4 is 5.32 Å². The molecule has 0 aromatic heterocycles.